The van der Waals surface area contributed by atoms with E-state index in [9.17, 15) is 0 Å². The van der Waals surface area contributed by atoms with Gasteiger partial charge in [-0.2, -0.15) is 4.98 Å². The minimum atomic E-state index is -0.156. The van der Waals surface area contributed by atoms with E-state index in [1.165, 1.54) is 25.7 Å². The van der Waals surface area contributed by atoms with Crippen molar-refractivity contribution in [3.05, 3.63) is 28.7 Å². The Labute approximate surface area is 132 Å². The zero-order valence-corrected chi connectivity index (χ0v) is 13.5. The Bertz CT molecular complexity index is 588. The molecule has 21 heavy (non-hydrogen) atoms. The van der Waals surface area contributed by atoms with Gasteiger partial charge in [0.1, 0.15) is 5.69 Å². The van der Waals surface area contributed by atoms with E-state index in [2.05, 4.69) is 31.1 Å². The summed E-state index contributed by atoms with van der Waals surface area (Å²) in [6.45, 7) is 0.558. The summed E-state index contributed by atoms with van der Waals surface area (Å²) in [7, 11) is 0. The lowest BCUT2D eigenvalue weighted by Gasteiger charge is -2.26. The predicted molar refractivity (Wildman–Crippen MR) is 83.7 cm³/mol. The van der Waals surface area contributed by atoms with E-state index in [4.69, 9.17) is 10.3 Å². The van der Waals surface area contributed by atoms with E-state index in [0.29, 0.717) is 24.0 Å². The number of nitrogens with zero attached hydrogens (tertiary/aromatic N) is 3. The van der Waals surface area contributed by atoms with E-state index in [0.717, 1.165) is 17.3 Å². The number of rotatable bonds is 3. The summed E-state index contributed by atoms with van der Waals surface area (Å²) in [5, 5.41) is 4.10. The molecule has 0 bridgehead atoms. The van der Waals surface area contributed by atoms with Gasteiger partial charge < -0.3 is 10.3 Å². The summed E-state index contributed by atoms with van der Waals surface area (Å²) in [5.74, 6) is 1.21. The van der Waals surface area contributed by atoms with Gasteiger partial charge in [0.25, 0.3) is 0 Å². The Morgan fingerprint density at radius 1 is 1.19 bits per heavy atom. The largest absolute Gasteiger partial charge is 0.338 e. The summed E-state index contributed by atoms with van der Waals surface area (Å²) in [4.78, 5) is 8.89. The molecule has 112 valence electrons. The number of halogens is 1. The van der Waals surface area contributed by atoms with Gasteiger partial charge in [0, 0.05) is 17.2 Å². The molecule has 1 fully saturated rings. The fraction of sp³-hybridized carbons (Fsp3) is 0.533. The van der Waals surface area contributed by atoms with E-state index in [-0.39, 0.29) is 5.41 Å². The second-order valence-corrected chi connectivity index (χ2v) is 6.60. The summed E-state index contributed by atoms with van der Waals surface area (Å²) in [6, 6.07) is 3.80. The first kappa shape index (κ1) is 14.7. The van der Waals surface area contributed by atoms with Crippen molar-refractivity contribution in [1.29, 1.82) is 0 Å². The Kier molecular flexibility index (Phi) is 4.35. The van der Waals surface area contributed by atoms with Crippen LogP contribution in [0.5, 0.6) is 0 Å². The Hall–Kier alpha value is -1.27. The topological polar surface area (TPSA) is 77.8 Å². The molecular formula is C15H19BrN4O. The van der Waals surface area contributed by atoms with Crippen LogP contribution >= 0.6 is 15.9 Å². The molecular weight excluding hydrogens is 332 g/mol. The van der Waals surface area contributed by atoms with Crippen LogP contribution in [-0.2, 0) is 5.41 Å². The maximum Gasteiger partial charge on any atom is 0.234 e. The SMILES string of the molecule is NCC1(c2nc(-c3ccc(Br)cn3)no2)CCCCCC1. The fourth-order valence-electron chi connectivity index (χ4n) is 2.96. The minimum absolute atomic E-state index is 0.156. The maximum atomic E-state index is 6.06. The normalized spacial score (nSPS) is 18.4. The molecule has 2 aromatic rings. The van der Waals surface area contributed by atoms with Crippen LogP contribution in [-0.4, -0.2) is 21.7 Å². The highest BCUT2D eigenvalue weighted by molar-refractivity contribution is 9.10. The average molecular weight is 351 g/mol. The zero-order chi connectivity index (χ0) is 14.7. The third kappa shape index (κ3) is 3.01. The predicted octanol–water partition coefficient (Wildman–Crippen LogP) is 3.44. The molecule has 0 unspecified atom stereocenters. The van der Waals surface area contributed by atoms with Crippen LogP contribution in [0.25, 0.3) is 11.5 Å². The van der Waals surface area contributed by atoms with Crippen LogP contribution in [0, 0.1) is 0 Å². The second kappa shape index (κ2) is 6.23. The van der Waals surface area contributed by atoms with Gasteiger partial charge >= 0.3 is 0 Å². The van der Waals surface area contributed by atoms with Gasteiger partial charge in [-0.15, -0.1) is 0 Å². The second-order valence-electron chi connectivity index (χ2n) is 5.68. The van der Waals surface area contributed by atoms with Gasteiger partial charge in [0.05, 0.1) is 5.41 Å². The first-order chi connectivity index (χ1) is 10.2. The minimum Gasteiger partial charge on any atom is -0.338 e. The average Bonchev–Trinajstić information content (AvgIpc) is 2.88. The first-order valence-corrected chi connectivity index (χ1v) is 8.19. The van der Waals surface area contributed by atoms with Crippen LogP contribution in [0.15, 0.2) is 27.3 Å². The van der Waals surface area contributed by atoms with Crippen molar-refractivity contribution in [1.82, 2.24) is 15.1 Å². The van der Waals surface area contributed by atoms with Crippen LogP contribution in [0.1, 0.15) is 44.4 Å². The number of hydrogen-bond acceptors (Lipinski definition) is 5. The van der Waals surface area contributed by atoms with E-state index in [1.54, 1.807) is 6.20 Å². The third-order valence-electron chi connectivity index (χ3n) is 4.29. The lowest BCUT2D eigenvalue weighted by atomic mass is 9.80. The highest BCUT2D eigenvalue weighted by atomic mass is 79.9. The van der Waals surface area contributed by atoms with Gasteiger partial charge in [-0.3, -0.25) is 4.98 Å². The van der Waals surface area contributed by atoms with Crippen molar-refractivity contribution < 1.29 is 4.52 Å². The van der Waals surface area contributed by atoms with Crippen molar-refractivity contribution in [2.24, 2.45) is 5.73 Å². The van der Waals surface area contributed by atoms with Crippen molar-refractivity contribution in [2.45, 2.75) is 43.9 Å². The molecule has 1 saturated carbocycles. The molecule has 0 spiro atoms. The summed E-state index contributed by atoms with van der Waals surface area (Å²) in [6.07, 6.45) is 8.65. The van der Waals surface area contributed by atoms with E-state index < -0.39 is 0 Å². The number of nitrogens with two attached hydrogens (primary N) is 1. The van der Waals surface area contributed by atoms with Crippen molar-refractivity contribution in [3.63, 3.8) is 0 Å². The molecule has 5 nitrogen and oxygen atoms in total. The highest BCUT2D eigenvalue weighted by Gasteiger charge is 2.37. The van der Waals surface area contributed by atoms with E-state index >= 15 is 0 Å². The molecule has 2 heterocycles. The number of hydrogen-bond donors (Lipinski definition) is 1. The van der Waals surface area contributed by atoms with Gasteiger partial charge in [-0.05, 0) is 40.9 Å². The fourth-order valence-corrected chi connectivity index (χ4v) is 3.20. The molecule has 0 radical (unpaired) electrons. The lowest BCUT2D eigenvalue weighted by molar-refractivity contribution is 0.257. The van der Waals surface area contributed by atoms with Crippen molar-refractivity contribution in [3.8, 4) is 11.5 Å². The molecule has 0 atom stereocenters. The standard InChI is InChI=1S/C15H19BrN4O/c16-11-5-6-12(18-9-11)13-19-14(21-20-13)15(10-17)7-3-1-2-4-8-15/h5-6,9H,1-4,7-8,10,17H2. The number of aromatic nitrogens is 3. The molecule has 0 aliphatic heterocycles. The van der Waals surface area contributed by atoms with Crippen LogP contribution in [0.2, 0.25) is 0 Å². The first-order valence-electron chi connectivity index (χ1n) is 7.40. The smallest absolute Gasteiger partial charge is 0.234 e. The lowest BCUT2D eigenvalue weighted by Crippen LogP contribution is -2.35. The van der Waals surface area contributed by atoms with Crippen LogP contribution in [0.4, 0.5) is 0 Å². The molecule has 0 aromatic carbocycles. The van der Waals surface area contributed by atoms with Crippen molar-refractivity contribution in [2.75, 3.05) is 6.54 Å². The Balaban J connectivity index is 1.90. The molecule has 0 saturated heterocycles. The van der Waals surface area contributed by atoms with E-state index in [1.807, 2.05) is 12.1 Å². The van der Waals surface area contributed by atoms with Crippen LogP contribution < -0.4 is 5.73 Å². The molecule has 6 heteroatoms. The van der Waals surface area contributed by atoms with Gasteiger partial charge in [-0.25, -0.2) is 0 Å². The van der Waals surface area contributed by atoms with Crippen LogP contribution in [0.3, 0.4) is 0 Å². The quantitative estimate of drug-likeness (QED) is 0.857. The third-order valence-corrected chi connectivity index (χ3v) is 4.76. The molecule has 2 N–H and O–H groups in total. The molecule has 2 aromatic heterocycles. The summed E-state index contributed by atoms with van der Waals surface area (Å²) >= 11 is 3.37. The molecule has 0 amide bonds. The number of pyridine rings is 1. The summed E-state index contributed by atoms with van der Waals surface area (Å²) in [5.41, 5.74) is 6.62. The van der Waals surface area contributed by atoms with Gasteiger partial charge in [-0.1, -0.05) is 30.8 Å². The van der Waals surface area contributed by atoms with Gasteiger partial charge in [0.15, 0.2) is 0 Å². The summed E-state index contributed by atoms with van der Waals surface area (Å²) < 4.78 is 6.47. The maximum absolute atomic E-state index is 6.06. The molecule has 3 rings (SSSR count). The molecule has 1 aliphatic carbocycles. The molecule has 1 aliphatic rings. The Morgan fingerprint density at radius 2 is 1.95 bits per heavy atom. The van der Waals surface area contributed by atoms with Gasteiger partial charge in [0.2, 0.25) is 11.7 Å². The zero-order valence-electron chi connectivity index (χ0n) is 11.9. The highest BCUT2D eigenvalue weighted by Crippen LogP contribution is 2.37. The monoisotopic (exact) mass is 350 g/mol. The Morgan fingerprint density at radius 3 is 2.57 bits per heavy atom. The van der Waals surface area contributed by atoms with Crippen molar-refractivity contribution >= 4 is 15.9 Å².